The number of carboxylic acids is 1. The molecule has 1 N–H and O–H groups in total. The molecule has 16 heavy (non-hydrogen) atoms. The van der Waals surface area contributed by atoms with Gasteiger partial charge < -0.3 is 5.11 Å². The molecule has 0 aliphatic heterocycles. The lowest BCUT2D eigenvalue weighted by Crippen LogP contribution is -2.09. The Kier molecular flexibility index (Phi) is 3.04. The summed E-state index contributed by atoms with van der Waals surface area (Å²) in [5.41, 5.74) is 3.05. The third-order valence-corrected chi connectivity index (χ3v) is 2.98. The molecule has 1 aromatic rings. The molecule has 1 aromatic carbocycles. The van der Waals surface area contributed by atoms with Crippen LogP contribution < -0.4 is 0 Å². The van der Waals surface area contributed by atoms with E-state index in [9.17, 15) is 9.59 Å². The van der Waals surface area contributed by atoms with E-state index in [2.05, 4.69) is 0 Å². The lowest BCUT2D eigenvalue weighted by molar-refractivity contribution is -0.135. The van der Waals surface area contributed by atoms with E-state index >= 15 is 0 Å². The fraction of sp³-hybridized carbons (Fsp3) is 0.385. The second-order valence-corrected chi connectivity index (χ2v) is 4.18. The van der Waals surface area contributed by atoms with Gasteiger partial charge in [-0.25, -0.2) is 0 Å². The summed E-state index contributed by atoms with van der Waals surface area (Å²) >= 11 is 0. The Morgan fingerprint density at radius 3 is 2.50 bits per heavy atom. The zero-order valence-electron chi connectivity index (χ0n) is 9.03. The molecule has 0 heterocycles. The van der Waals surface area contributed by atoms with E-state index in [1.807, 2.05) is 12.1 Å². The van der Waals surface area contributed by atoms with Crippen LogP contribution >= 0.6 is 0 Å². The van der Waals surface area contributed by atoms with Crippen LogP contribution in [0.5, 0.6) is 0 Å². The Bertz CT molecular complexity index is 435. The minimum atomic E-state index is -1.07. The Labute approximate surface area is 94.1 Å². The molecule has 0 bridgehead atoms. The summed E-state index contributed by atoms with van der Waals surface area (Å²) in [6.07, 6.45) is 4.02. The van der Waals surface area contributed by atoms with Crippen molar-refractivity contribution >= 4 is 11.8 Å². The number of carboxylic acid groups (broad SMARTS) is 1. The number of fused-ring (bicyclic) bond motifs is 1. The van der Waals surface area contributed by atoms with Gasteiger partial charge in [0.05, 0.1) is 0 Å². The normalized spacial score (nSPS) is 14.2. The maximum absolute atomic E-state index is 11.6. The lowest BCUT2D eigenvalue weighted by Gasteiger charge is -2.15. The van der Waals surface area contributed by atoms with Gasteiger partial charge in [0.25, 0.3) is 0 Å². The molecule has 0 radical (unpaired) electrons. The van der Waals surface area contributed by atoms with Gasteiger partial charge in [0.2, 0.25) is 0 Å². The summed E-state index contributed by atoms with van der Waals surface area (Å²) in [7, 11) is 0. The SMILES string of the molecule is O=C(O)CC(=O)c1ccc2c(c1)CCCC2. The first kappa shape index (κ1) is 10.9. The molecule has 84 valence electrons. The minimum absolute atomic E-state index is 0.305. The summed E-state index contributed by atoms with van der Waals surface area (Å²) in [6.45, 7) is 0. The highest BCUT2D eigenvalue weighted by atomic mass is 16.4. The van der Waals surface area contributed by atoms with E-state index in [0.717, 1.165) is 19.3 Å². The summed E-state index contributed by atoms with van der Waals surface area (Å²) in [5, 5.41) is 8.56. The van der Waals surface area contributed by atoms with Crippen LogP contribution in [0.4, 0.5) is 0 Å². The molecule has 0 spiro atoms. The van der Waals surface area contributed by atoms with Crippen molar-refractivity contribution in [2.24, 2.45) is 0 Å². The standard InChI is InChI=1S/C13H14O3/c14-12(8-13(15)16)11-6-5-9-3-1-2-4-10(9)7-11/h5-7H,1-4,8H2,(H,15,16). The Balaban J connectivity index is 2.23. The van der Waals surface area contributed by atoms with E-state index in [0.29, 0.717) is 5.56 Å². The van der Waals surface area contributed by atoms with Crippen molar-refractivity contribution < 1.29 is 14.7 Å². The first-order valence-corrected chi connectivity index (χ1v) is 5.53. The molecule has 0 fully saturated rings. The van der Waals surface area contributed by atoms with Gasteiger partial charge in [-0.3, -0.25) is 9.59 Å². The van der Waals surface area contributed by atoms with Gasteiger partial charge in [-0.1, -0.05) is 12.1 Å². The number of aryl methyl sites for hydroxylation is 2. The number of ketones is 1. The molecule has 0 unspecified atom stereocenters. The number of carbonyl (C=O) groups excluding carboxylic acids is 1. The van der Waals surface area contributed by atoms with Crippen LogP contribution in [0.15, 0.2) is 18.2 Å². The molecule has 0 saturated heterocycles. The molecule has 2 rings (SSSR count). The fourth-order valence-corrected chi connectivity index (χ4v) is 2.15. The predicted molar refractivity (Wildman–Crippen MR) is 59.7 cm³/mol. The Morgan fingerprint density at radius 1 is 1.12 bits per heavy atom. The highest BCUT2D eigenvalue weighted by molar-refractivity contribution is 6.05. The van der Waals surface area contributed by atoms with Crippen LogP contribution in [0.25, 0.3) is 0 Å². The Hall–Kier alpha value is -1.64. The van der Waals surface area contributed by atoms with Gasteiger partial charge in [-0.2, -0.15) is 0 Å². The van der Waals surface area contributed by atoms with Gasteiger partial charge in [-0.15, -0.1) is 0 Å². The molecular formula is C13H14O3. The van der Waals surface area contributed by atoms with Crippen molar-refractivity contribution in [3.8, 4) is 0 Å². The van der Waals surface area contributed by atoms with Crippen LogP contribution in [0.1, 0.15) is 40.7 Å². The summed E-state index contributed by atoms with van der Waals surface area (Å²) < 4.78 is 0. The number of rotatable bonds is 3. The lowest BCUT2D eigenvalue weighted by atomic mass is 9.89. The third kappa shape index (κ3) is 2.30. The summed E-state index contributed by atoms with van der Waals surface area (Å²) in [5.74, 6) is -1.37. The van der Waals surface area contributed by atoms with E-state index in [-0.39, 0.29) is 5.78 Å². The molecule has 1 aliphatic carbocycles. The fourth-order valence-electron chi connectivity index (χ4n) is 2.15. The zero-order valence-corrected chi connectivity index (χ0v) is 9.03. The van der Waals surface area contributed by atoms with Gasteiger partial charge in [0, 0.05) is 5.56 Å². The number of carbonyl (C=O) groups is 2. The first-order chi connectivity index (χ1) is 7.66. The molecule has 3 nitrogen and oxygen atoms in total. The molecule has 3 heteroatoms. The van der Waals surface area contributed by atoms with Crippen LogP contribution in [-0.4, -0.2) is 16.9 Å². The van der Waals surface area contributed by atoms with Crippen molar-refractivity contribution in [1.82, 2.24) is 0 Å². The van der Waals surface area contributed by atoms with Gasteiger partial charge in [0.15, 0.2) is 5.78 Å². The van der Waals surface area contributed by atoms with Crippen LogP contribution in [0.2, 0.25) is 0 Å². The first-order valence-electron chi connectivity index (χ1n) is 5.53. The zero-order chi connectivity index (χ0) is 11.5. The molecule has 0 atom stereocenters. The average molecular weight is 218 g/mol. The Morgan fingerprint density at radius 2 is 1.81 bits per heavy atom. The molecule has 0 aromatic heterocycles. The monoisotopic (exact) mass is 218 g/mol. The summed E-state index contributed by atoms with van der Waals surface area (Å²) in [6, 6.07) is 5.57. The minimum Gasteiger partial charge on any atom is -0.481 e. The maximum Gasteiger partial charge on any atom is 0.311 e. The number of hydrogen-bond acceptors (Lipinski definition) is 2. The number of hydrogen-bond donors (Lipinski definition) is 1. The average Bonchev–Trinajstić information content (AvgIpc) is 2.27. The van der Waals surface area contributed by atoms with Gasteiger partial charge in [-0.05, 0) is 42.9 Å². The molecule has 0 saturated carbocycles. The van der Waals surface area contributed by atoms with E-state index in [1.54, 1.807) is 6.07 Å². The van der Waals surface area contributed by atoms with Crippen molar-refractivity contribution in [2.45, 2.75) is 32.1 Å². The molecular weight excluding hydrogens is 204 g/mol. The predicted octanol–water partition coefficient (Wildman–Crippen LogP) is 2.22. The van der Waals surface area contributed by atoms with E-state index in [1.165, 1.54) is 17.5 Å². The van der Waals surface area contributed by atoms with Crippen LogP contribution in [0.3, 0.4) is 0 Å². The van der Waals surface area contributed by atoms with Crippen LogP contribution in [0, 0.1) is 0 Å². The topological polar surface area (TPSA) is 54.4 Å². The second-order valence-electron chi connectivity index (χ2n) is 4.18. The highest BCUT2D eigenvalue weighted by Gasteiger charge is 2.14. The van der Waals surface area contributed by atoms with Gasteiger partial charge in [0.1, 0.15) is 6.42 Å². The van der Waals surface area contributed by atoms with E-state index < -0.39 is 12.4 Å². The quantitative estimate of drug-likeness (QED) is 0.625. The summed E-state index contributed by atoms with van der Waals surface area (Å²) in [4.78, 5) is 22.0. The third-order valence-electron chi connectivity index (χ3n) is 2.98. The number of aliphatic carboxylic acids is 1. The maximum atomic E-state index is 11.6. The van der Waals surface area contributed by atoms with Crippen LogP contribution in [-0.2, 0) is 17.6 Å². The second kappa shape index (κ2) is 4.47. The highest BCUT2D eigenvalue weighted by Crippen LogP contribution is 2.22. The number of Topliss-reactive ketones (excluding diaryl/α,β-unsaturated/α-hetero) is 1. The van der Waals surface area contributed by atoms with E-state index in [4.69, 9.17) is 5.11 Å². The van der Waals surface area contributed by atoms with Crippen molar-refractivity contribution in [1.29, 1.82) is 0 Å². The largest absolute Gasteiger partial charge is 0.481 e. The van der Waals surface area contributed by atoms with Crippen molar-refractivity contribution in [3.63, 3.8) is 0 Å². The van der Waals surface area contributed by atoms with Crippen molar-refractivity contribution in [2.75, 3.05) is 0 Å². The molecule has 1 aliphatic rings. The smallest absolute Gasteiger partial charge is 0.311 e. The molecule has 0 amide bonds. The van der Waals surface area contributed by atoms with Gasteiger partial charge >= 0.3 is 5.97 Å². The number of benzene rings is 1. The van der Waals surface area contributed by atoms with Crippen molar-refractivity contribution in [3.05, 3.63) is 34.9 Å².